The summed E-state index contributed by atoms with van der Waals surface area (Å²) < 4.78 is 5.21. The van der Waals surface area contributed by atoms with Gasteiger partial charge in [0.1, 0.15) is 5.60 Å². The van der Waals surface area contributed by atoms with Crippen molar-refractivity contribution >= 4 is 17.5 Å². The Kier molecular flexibility index (Phi) is 4.22. The van der Waals surface area contributed by atoms with Gasteiger partial charge < -0.3 is 9.64 Å². The normalized spacial score (nSPS) is 11.0. The fourth-order valence-electron chi connectivity index (χ4n) is 1.59. The number of carbonyl (C=O) groups is 1. The predicted molar refractivity (Wildman–Crippen MR) is 75.4 cm³/mol. The molecule has 0 saturated heterocycles. The summed E-state index contributed by atoms with van der Waals surface area (Å²) in [5, 5.41) is 2.73. The number of rotatable bonds is 2. The molecule has 4 nitrogen and oxygen atoms in total. The van der Waals surface area contributed by atoms with Crippen molar-refractivity contribution in [2.45, 2.75) is 33.3 Å². The van der Waals surface area contributed by atoms with E-state index in [2.05, 4.69) is 5.32 Å². The number of ether oxygens (including phenoxy) is 1. The Balaban J connectivity index is 2.80. The summed E-state index contributed by atoms with van der Waals surface area (Å²) in [6.07, 6.45) is -0.434. The van der Waals surface area contributed by atoms with Crippen molar-refractivity contribution in [2.24, 2.45) is 0 Å². The first-order valence-corrected chi connectivity index (χ1v) is 5.97. The molecule has 4 heteroatoms. The fourth-order valence-corrected chi connectivity index (χ4v) is 1.59. The minimum Gasteiger partial charge on any atom is -0.444 e. The molecular formula is C14H22N2O2. The standard InChI is InChI=1S/C14H22N2O2/c1-10-7-8-11(9-12(10)16(5)6)15-13(17)18-14(2,3)4/h7-9H,1-6H3,(H,15,17). The number of hydrogen-bond donors (Lipinski definition) is 1. The van der Waals surface area contributed by atoms with Crippen LogP contribution in [-0.2, 0) is 4.74 Å². The second kappa shape index (κ2) is 5.29. The number of hydrogen-bond acceptors (Lipinski definition) is 3. The van der Waals surface area contributed by atoms with Crippen molar-refractivity contribution < 1.29 is 9.53 Å². The van der Waals surface area contributed by atoms with Crippen molar-refractivity contribution in [3.63, 3.8) is 0 Å². The second-order valence-electron chi connectivity index (χ2n) is 5.52. The molecule has 0 fully saturated rings. The summed E-state index contributed by atoms with van der Waals surface area (Å²) in [5.41, 5.74) is 2.48. The molecule has 1 amide bonds. The van der Waals surface area contributed by atoms with Gasteiger partial charge in [-0.3, -0.25) is 5.32 Å². The van der Waals surface area contributed by atoms with Crippen molar-refractivity contribution in [1.82, 2.24) is 0 Å². The van der Waals surface area contributed by atoms with Crippen LogP contribution in [0.15, 0.2) is 18.2 Å². The van der Waals surface area contributed by atoms with Crippen LogP contribution in [-0.4, -0.2) is 25.8 Å². The smallest absolute Gasteiger partial charge is 0.412 e. The van der Waals surface area contributed by atoms with Gasteiger partial charge in [0.15, 0.2) is 0 Å². The Morgan fingerprint density at radius 2 is 1.89 bits per heavy atom. The Labute approximate surface area is 109 Å². The fraction of sp³-hybridized carbons (Fsp3) is 0.500. The largest absolute Gasteiger partial charge is 0.444 e. The highest BCUT2D eigenvalue weighted by atomic mass is 16.6. The summed E-state index contributed by atoms with van der Waals surface area (Å²) in [4.78, 5) is 13.7. The lowest BCUT2D eigenvalue weighted by Crippen LogP contribution is -2.27. The van der Waals surface area contributed by atoms with Crippen molar-refractivity contribution in [1.29, 1.82) is 0 Å². The first-order chi connectivity index (χ1) is 8.19. The number of anilines is 2. The maximum Gasteiger partial charge on any atom is 0.412 e. The zero-order chi connectivity index (χ0) is 13.9. The van der Waals surface area contributed by atoms with Gasteiger partial charge in [-0.25, -0.2) is 4.79 Å². The van der Waals surface area contributed by atoms with E-state index >= 15 is 0 Å². The summed E-state index contributed by atoms with van der Waals surface area (Å²) in [5.74, 6) is 0. The number of nitrogens with zero attached hydrogens (tertiary/aromatic N) is 1. The Hall–Kier alpha value is -1.71. The van der Waals surface area contributed by atoms with Gasteiger partial charge in [-0.1, -0.05) is 6.07 Å². The molecule has 100 valence electrons. The van der Waals surface area contributed by atoms with Crippen LogP contribution < -0.4 is 10.2 Å². The van der Waals surface area contributed by atoms with Gasteiger partial charge in [-0.2, -0.15) is 0 Å². The monoisotopic (exact) mass is 250 g/mol. The first kappa shape index (κ1) is 14.4. The van der Waals surface area contributed by atoms with Crippen LogP contribution in [0.2, 0.25) is 0 Å². The van der Waals surface area contributed by atoms with Crippen LogP contribution in [0.1, 0.15) is 26.3 Å². The first-order valence-electron chi connectivity index (χ1n) is 5.97. The number of amides is 1. The van der Waals surface area contributed by atoms with Gasteiger partial charge in [0.05, 0.1) is 0 Å². The SMILES string of the molecule is Cc1ccc(NC(=O)OC(C)(C)C)cc1N(C)C. The molecule has 1 aromatic rings. The van der Waals surface area contributed by atoms with Gasteiger partial charge in [0, 0.05) is 25.5 Å². The average molecular weight is 250 g/mol. The summed E-state index contributed by atoms with van der Waals surface area (Å²) >= 11 is 0. The van der Waals surface area contributed by atoms with E-state index in [4.69, 9.17) is 4.74 Å². The van der Waals surface area contributed by atoms with Crippen LogP contribution in [0.25, 0.3) is 0 Å². The van der Waals surface area contributed by atoms with E-state index in [1.165, 1.54) is 0 Å². The van der Waals surface area contributed by atoms with E-state index in [1.54, 1.807) is 0 Å². The molecule has 0 aromatic heterocycles. The third-order valence-electron chi connectivity index (χ3n) is 2.34. The maximum absolute atomic E-state index is 11.6. The molecule has 0 aliphatic heterocycles. The lowest BCUT2D eigenvalue weighted by Gasteiger charge is -2.21. The van der Waals surface area contributed by atoms with Gasteiger partial charge >= 0.3 is 6.09 Å². The summed E-state index contributed by atoms with van der Waals surface area (Å²) in [7, 11) is 3.94. The lowest BCUT2D eigenvalue weighted by atomic mass is 10.1. The second-order valence-corrected chi connectivity index (χ2v) is 5.52. The van der Waals surface area contributed by atoms with Crippen LogP contribution in [0, 0.1) is 6.92 Å². The number of nitrogens with one attached hydrogen (secondary N) is 1. The van der Waals surface area contributed by atoms with Gasteiger partial charge in [0.25, 0.3) is 0 Å². The third-order valence-corrected chi connectivity index (χ3v) is 2.34. The van der Waals surface area contributed by atoms with Crippen LogP contribution >= 0.6 is 0 Å². The van der Waals surface area contributed by atoms with Crippen molar-refractivity contribution in [3.8, 4) is 0 Å². The maximum atomic E-state index is 11.6. The number of carbonyl (C=O) groups excluding carboxylic acids is 1. The molecule has 0 heterocycles. The molecule has 0 radical (unpaired) electrons. The van der Waals surface area contributed by atoms with E-state index in [9.17, 15) is 4.79 Å². The summed E-state index contributed by atoms with van der Waals surface area (Å²) in [6, 6.07) is 5.77. The van der Waals surface area contributed by atoms with Gasteiger partial charge in [-0.05, 0) is 45.4 Å². The van der Waals surface area contributed by atoms with Crippen LogP contribution in [0.5, 0.6) is 0 Å². The molecule has 0 saturated carbocycles. The Morgan fingerprint density at radius 1 is 1.28 bits per heavy atom. The topological polar surface area (TPSA) is 41.6 Å². The van der Waals surface area contributed by atoms with E-state index in [0.717, 1.165) is 16.9 Å². The van der Waals surface area contributed by atoms with E-state index in [1.807, 2.05) is 64.9 Å². The molecule has 0 atom stereocenters. The van der Waals surface area contributed by atoms with Gasteiger partial charge in [-0.15, -0.1) is 0 Å². The predicted octanol–water partition coefficient (Wildman–Crippen LogP) is 3.41. The lowest BCUT2D eigenvalue weighted by molar-refractivity contribution is 0.0636. The molecule has 0 unspecified atom stereocenters. The highest BCUT2D eigenvalue weighted by molar-refractivity contribution is 5.86. The molecule has 1 rings (SSSR count). The highest BCUT2D eigenvalue weighted by Gasteiger charge is 2.16. The van der Waals surface area contributed by atoms with E-state index in [-0.39, 0.29) is 0 Å². The minimum atomic E-state index is -0.487. The number of benzene rings is 1. The Bertz CT molecular complexity index is 434. The Morgan fingerprint density at radius 3 is 2.39 bits per heavy atom. The molecule has 0 spiro atoms. The molecule has 0 aliphatic rings. The number of aryl methyl sites for hydroxylation is 1. The van der Waals surface area contributed by atoms with E-state index < -0.39 is 11.7 Å². The van der Waals surface area contributed by atoms with E-state index in [0.29, 0.717) is 0 Å². The zero-order valence-corrected chi connectivity index (χ0v) is 12.0. The highest BCUT2D eigenvalue weighted by Crippen LogP contribution is 2.22. The quantitative estimate of drug-likeness (QED) is 0.874. The average Bonchev–Trinajstić information content (AvgIpc) is 2.17. The molecule has 18 heavy (non-hydrogen) atoms. The van der Waals surface area contributed by atoms with Crippen LogP contribution in [0.4, 0.5) is 16.2 Å². The third kappa shape index (κ3) is 4.28. The molecular weight excluding hydrogens is 228 g/mol. The van der Waals surface area contributed by atoms with Crippen molar-refractivity contribution in [2.75, 3.05) is 24.3 Å². The molecule has 1 aromatic carbocycles. The van der Waals surface area contributed by atoms with Crippen molar-refractivity contribution in [3.05, 3.63) is 23.8 Å². The van der Waals surface area contributed by atoms with Gasteiger partial charge in [0.2, 0.25) is 0 Å². The van der Waals surface area contributed by atoms with Crippen LogP contribution in [0.3, 0.4) is 0 Å². The summed E-state index contributed by atoms with van der Waals surface area (Å²) in [6.45, 7) is 7.56. The molecule has 0 aliphatic carbocycles. The zero-order valence-electron chi connectivity index (χ0n) is 12.0. The molecule has 0 bridgehead atoms. The minimum absolute atomic E-state index is 0.434. The molecule has 1 N–H and O–H groups in total.